The Balaban J connectivity index is 1.84. The Hall–Kier alpha value is -2.45. The average molecular weight is 400 g/mol. The van der Waals surface area contributed by atoms with Gasteiger partial charge in [-0.2, -0.15) is 0 Å². The molecule has 3 aromatic heterocycles. The van der Waals surface area contributed by atoms with E-state index in [0.717, 1.165) is 35.2 Å². The van der Waals surface area contributed by atoms with Crippen LogP contribution in [-0.2, 0) is 15.6 Å². The van der Waals surface area contributed by atoms with Gasteiger partial charge in [-0.3, -0.25) is 4.98 Å². The highest BCUT2D eigenvalue weighted by Crippen LogP contribution is 2.40. The fourth-order valence-corrected chi connectivity index (χ4v) is 6.78. The molecule has 1 aliphatic rings. The number of aromatic nitrogens is 3. The summed E-state index contributed by atoms with van der Waals surface area (Å²) in [5, 5.41) is 4.25. The molecule has 0 aromatic carbocycles. The lowest BCUT2D eigenvalue weighted by Crippen LogP contribution is -2.65. The van der Waals surface area contributed by atoms with Crippen LogP contribution in [0, 0.1) is 5.92 Å². The minimum atomic E-state index is -3.54. The first-order valence-electron chi connectivity index (χ1n) is 9.43. The molecule has 4 rings (SSSR count). The van der Waals surface area contributed by atoms with Crippen LogP contribution >= 0.6 is 0 Å². The summed E-state index contributed by atoms with van der Waals surface area (Å²) in [6, 6.07) is 7.37. The first kappa shape index (κ1) is 18.9. The van der Waals surface area contributed by atoms with Crippen molar-refractivity contribution in [2.24, 2.45) is 5.92 Å². The summed E-state index contributed by atoms with van der Waals surface area (Å²) in [4.78, 5) is 12.3. The number of fused-ring (bicyclic) bond motifs is 1. The van der Waals surface area contributed by atoms with E-state index < -0.39 is 14.7 Å². The van der Waals surface area contributed by atoms with E-state index in [1.807, 2.05) is 37.2 Å². The smallest absolute Gasteiger partial charge is 0.179 e. The second-order valence-corrected chi connectivity index (χ2v) is 9.68. The quantitative estimate of drug-likeness (QED) is 0.684. The zero-order chi connectivity index (χ0) is 19.8. The molecule has 0 aliphatic carbocycles. The van der Waals surface area contributed by atoms with Crippen LogP contribution in [0.4, 0.5) is 5.69 Å². The number of anilines is 1. The number of H-pyrrole nitrogens is 1. The van der Waals surface area contributed by atoms with E-state index >= 15 is 0 Å². The van der Waals surface area contributed by atoms with Crippen LogP contribution in [0.25, 0.3) is 11.0 Å². The second kappa shape index (κ2) is 7.18. The van der Waals surface area contributed by atoms with Crippen molar-refractivity contribution >= 4 is 26.6 Å². The maximum absolute atomic E-state index is 13.9. The molecule has 0 spiro atoms. The minimum absolute atomic E-state index is 0.0206. The van der Waals surface area contributed by atoms with E-state index in [4.69, 9.17) is 0 Å². The van der Waals surface area contributed by atoms with Gasteiger partial charge in [-0.15, -0.1) is 0 Å². The van der Waals surface area contributed by atoms with Gasteiger partial charge in [0, 0.05) is 43.8 Å². The standard InChI is InChI=1S/C20H25N5O2S/c1-15-3-8-22-14-20(15,28(26,27)13-16-4-9-21-10-5-16)25(2)18-7-12-24-19-17(18)6-11-23-19/h4-7,9-12,15,22H,3,8,13-14H2,1-2H3,(H,23,24)/t15-,20+/m1/s1. The third-order valence-electron chi connectivity index (χ3n) is 5.91. The summed E-state index contributed by atoms with van der Waals surface area (Å²) in [5.41, 5.74) is 2.37. The van der Waals surface area contributed by atoms with Crippen LogP contribution < -0.4 is 10.2 Å². The SMILES string of the molecule is C[C@@H]1CCNC[C@]1(N(C)c1ccnc2[nH]ccc12)S(=O)(=O)Cc1ccncc1. The predicted molar refractivity (Wildman–Crippen MR) is 111 cm³/mol. The molecule has 8 heteroatoms. The van der Waals surface area contributed by atoms with Crippen LogP contribution in [0.5, 0.6) is 0 Å². The molecule has 28 heavy (non-hydrogen) atoms. The molecule has 4 heterocycles. The average Bonchev–Trinajstić information content (AvgIpc) is 3.17. The van der Waals surface area contributed by atoms with E-state index in [1.54, 1.807) is 30.7 Å². The molecule has 0 bridgehead atoms. The van der Waals surface area contributed by atoms with Crippen LogP contribution in [0.2, 0.25) is 0 Å². The number of nitrogens with zero attached hydrogens (tertiary/aromatic N) is 3. The third-order valence-corrected chi connectivity index (χ3v) is 8.52. The highest BCUT2D eigenvalue weighted by atomic mass is 32.2. The molecule has 2 N–H and O–H groups in total. The molecule has 0 saturated carbocycles. The highest BCUT2D eigenvalue weighted by Gasteiger charge is 2.52. The van der Waals surface area contributed by atoms with E-state index in [9.17, 15) is 8.42 Å². The fraction of sp³-hybridized carbons (Fsp3) is 0.400. The van der Waals surface area contributed by atoms with Crippen LogP contribution in [0.15, 0.2) is 49.1 Å². The van der Waals surface area contributed by atoms with Gasteiger partial charge in [0.2, 0.25) is 0 Å². The first-order chi connectivity index (χ1) is 13.5. The fourth-order valence-electron chi connectivity index (χ4n) is 4.33. The topological polar surface area (TPSA) is 91.0 Å². The zero-order valence-corrected chi connectivity index (χ0v) is 16.9. The van der Waals surface area contributed by atoms with Gasteiger partial charge in [0.25, 0.3) is 0 Å². The second-order valence-electron chi connectivity index (χ2n) is 7.45. The number of hydrogen-bond acceptors (Lipinski definition) is 6. The number of aromatic amines is 1. The molecule has 0 amide bonds. The zero-order valence-electron chi connectivity index (χ0n) is 16.1. The Morgan fingerprint density at radius 3 is 2.75 bits per heavy atom. The monoisotopic (exact) mass is 399 g/mol. The van der Waals surface area contributed by atoms with Crippen LogP contribution in [0.1, 0.15) is 18.9 Å². The first-order valence-corrected chi connectivity index (χ1v) is 11.1. The molecule has 7 nitrogen and oxygen atoms in total. The van der Waals surface area contributed by atoms with Gasteiger partial charge in [0.15, 0.2) is 14.7 Å². The van der Waals surface area contributed by atoms with Gasteiger partial charge in [-0.25, -0.2) is 13.4 Å². The van der Waals surface area contributed by atoms with Crippen molar-refractivity contribution in [2.75, 3.05) is 25.0 Å². The number of hydrogen-bond donors (Lipinski definition) is 2. The lowest BCUT2D eigenvalue weighted by atomic mass is 9.92. The van der Waals surface area contributed by atoms with E-state index in [-0.39, 0.29) is 11.7 Å². The van der Waals surface area contributed by atoms with Crippen LogP contribution in [-0.4, -0.2) is 48.4 Å². The normalized spacial score (nSPS) is 23.0. The van der Waals surface area contributed by atoms with Crippen molar-refractivity contribution in [1.29, 1.82) is 0 Å². The molecule has 1 fully saturated rings. The molecule has 3 aromatic rings. The van der Waals surface area contributed by atoms with Gasteiger partial charge in [0.05, 0.1) is 11.4 Å². The van der Waals surface area contributed by atoms with Crippen molar-refractivity contribution in [2.45, 2.75) is 24.0 Å². The summed E-state index contributed by atoms with van der Waals surface area (Å²) in [6.07, 6.45) is 7.61. The van der Waals surface area contributed by atoms with Gasteiger partial charge in [0.1, 0.15) is 5.65 Å². The van der Waals surface area contributed by atoms with E-state index in [0.29, 0.717) is 6.54 Å². The largest absolute Gasteiger partial charge is 0.354 e. The Morgan fingerprint density at radius 2 is 2.00 bits per heavy atom. The molecule has 1 saturated heterocycles. The van der Waals surface area contributed by atoms with Crippen molar-refractivity contribution in [3.8, 4) is 0 Å². The maximum Gasteiger partial charge on any atom is 0.179 e. The molecule has 0 unspecified atom stereocenters. The third kappa shape index (κ3) is 2.97. The maximum atomic E-state index is 13.9. The molecule has 0 radical (unpaired) electrons. The van der Waals surface area contributed by atoms with Gasteiger partial charge >= 0.3 is 0 Å². The van der Waals surface area contributed by atoms with Gasteiger partial charge in [-0.1, -0.05) is 6.92 Å². The number of nitrogens with one attached hydrogen (secondary N) is 2. The Bertz CT molecular complexity index is 1070. The molecular weight excluding hydrogens is 374 g/mol. The van der Waals surface area contributed by atoms with Crippen molar-refractivity contribution in [3.05, 3.63) is 54.6 Å². The molecule has 148 valence electrons. The Labute approximate surface area is 165 Å². The number of pyridine rings is 2. The number of sulfone groups is 1. The van der Waals surface area contributed by atoms with E-state index in [2.05, 4.69) is 20.3 Å². The summed E-state index contributed by atoms with van der Waals surface area (Å²) in [7, 11) is -1.66. The van der Waals surface area contributed by atoms with Gasteiger partial charge < -0.3 is 15.2 Å². The van der Waals surface area contributed by atoms with E-state index in [1.165, 1.54) is 0 Å². The number of likely N-dealkylation sites (N-methyl/N-ethyl adjacent to an activating group) is 1. The van der Waals surface area contributed by atoms with Gasteiger partial charge in [-0.05, 0) is 48.7 Å². The Morgan fingerprint density at radius 1 is 1.21 bits per heavy atom. The molecule has 2 atom stereocenters. The number of rotatable bonds is 5. The highest BCUT2D eigenvalue weighted by molar-refractivity contribution is 7.92. The van der Waals surface area contributed by atoms with Crippen molar-refractivity contribution in [1.82, 2.24) is 20.3 Å². The van der Waals surface area contributed by atoms with Crippen molar-refractivity contribution in [3.63, 3.8) is 0 Å². The summed E-state index contributed by atoms with van der Waals surface area (Å²) < 4.78 is 27.7. The van der Waals surface area contributed by atoms with Crippen molar-refractivity contribution < 1.29 is 8.42 Å². The lowest BCUT2D eigenvalue weighted by Gasteiger charge is -2.49. The predicted octanol–water partition coefficient (Wildman–Crippen LogP) is 2.33. The lowest BCUT2D eigenvalue weighted by molar-refractivity contribution is 0.290. The summed E-state index contributed by atoms with van der Waals surface area (Å²) >= 11 is 0. The molecule has 1 aliphatic heterocycles. The summed E-state index contributed by atoms with van der Waals surface area (Å²) in [6.45, 7) is 3.24. The number of piperidine rings is 1. The molecular formula is C20H25N5O2S. The summed E-state index contributed by atoms with van der Waals surface area (Å²) in [5.74, 6) is -0.0551. The minimum Gasteiger partial charge on any atom is -0.354 e. The van der Waals surface area contributed by atoms with Crippen LogP contribution in [0.3, 0.4) is 0 Å². The Kier molecular flexibility index (Phi) is 4.84.